The molecule has 1 atom stereocenters. The molecule has 1 aliphatic heterocycles. The zero-order chi connectivity index (χ0) is 23.4. The van der Waals surface area contributed by atoms with Crippen LogP contribution in [0.1, 0.15) is 17.0 Å². The van der Waals surface area contributed by atoms with E-state index in [1.807, 2.05) is 57.2 Å². The normalized spacial score (nSPS) is 16.1. The molecule has 1 amide bonds. The second kappa shape index (κ2) is 10.3. The number of hydrogen-bond donors (Lipinski definition) is 2. The standard InChI is InChI=1S/C25H32N4O4/c1-17-5-4-6-18(2)25(17)27-24(31)15-29-11-9-28(10-12-29)14-20(30)16-32-21-7-8-23-22(13-21)26-19(3)33-23/h4-8,13,20,30H,9-12,14-16H2,1-3H3,(H,27,31). The molecule has 1 fully saturated rings. The fourth-order valence-electron chi connectivity index (χ4n) is 4.18. The number of carbonyl (C=O) groups is 1. The summed E-state index contributed by atoms with van der Waals surface area (Å²) in [7, 11) is 0. The van der Waals surface area contributed by atoms with E-state index in [2.05, 4.69) is 20.1 Å². The van der Waals surface area contributed by atoms with Crippen LogP contribution in [0.5, 0.6) is 5.75 Å². The van der Waals surface area contributed by atoms with Crippen LogP contribution in [-0.4, -0.2) is 77.8 Å². The molecule has 1 unspecified atom stereocenters. The molecular formula is C25H32N4O4. The van der Waals surface area contributed by atoms with E-state index in [9.17, 15) is 9.90 Å². The molecule has 33 heavy (non-hydrogen) atoms. The Hall–Kier alpha value is -2.94. The molecule has 176 valence electrons. The molecule has 1 saturated heterocycles. The third-order valence-corrected chi connectivity index (χ3v) is 5.95. The zero-order valence-electron chi connectivity index (χ0n) is 19.5. The number of rotatable bonds is 8. The molecule has 1 aromatic heterocycles. The van der Waals surface area contributed by atoms with Crippen molar-refractivity contribution >= 4 is 22.7 Å². The number of amides is 1. The first-order valence-electron chi connectivity index (χ1n) is 11.4. The van der Waals surface area contributed by atoms with Gasteiger partial charge in [-0.2, -0.15) is 0 Å². The maximum absolute atomic E-state index is 12.5. The van der Waals surface area contributed by atoms with Gasteiger partial charge in [0.25, 0.3) is 0 Å². The minimum absolute atomic E-state index is 0.00793. The number of aliphatic hydroxyl groups excluding tert-OH is 1. The number of β-amino-alcohol motifs (C(OH)–C–C–N with tert-alkyl or cyclic N) is 1. The van der Waals surface area contributed by atoms with Crippen molar-refractivity contribution in [1.82, 2.24) is 14.8 Å². The number of fused-ring (bicyclic) bond motifs is 1. The molecule has 2 aromatic carbocycles. The molecule has 0 radical (unpaired) electrons. The SMILES string of the molecule is Cc1nc2cc(OCC(O)CN3CCN(CC(=O)Nc4c(C)cccc4C)CC3)ccc2o1. The van der Waals surface area contributed by atoms with Crippen molar-refractivity contribution in [2.45, 2.75) is 26.9 Å². The number of carbonyl (C=O) groups excluding carboxylic acids is 1. The van der Waals surface area contributed by atoms with Gasteiger partial charge in [-0.15, -0.1) is 0 Å². The smallest absolute Gasteiger partial charge is 0.238 e. The Bertz CT molecular complexity index is 1080. The van der Waals surface area contributed by atoms with Crippen molar-refractivity contribution in [2.75, 3.05) is 51.2 Å². The van der Waals surface area contributed by atoms with Crippen LogP contribution in [-0.2, 0) is 4.79 Å². The van der Waals surface area contributed by atoms with Crippen molar-refractivity contribution in [1.29, 1.82) is 0 Å². The molecule has 0 saturated carbocycles. The van der Waals surface area contributed by atoms with Gasteiger partial charge in [0.2, 0.25) is 5.91 Å². The largest absolute Gasteiger partial charge is 0.491 e. The Morgan fingerprint density at radius 1 is 1.12 bits per heavy atom. The number of nitrogens with zero attached hydrogens (tertiary/aromatic N) is 3. The van der Waals surface area contributed by atoms with E-state index in [1.54, 1.807) is 0 Å². The predicted molar refractivity (Wildman–Crippen MR) is 128 cm³/mol. The van der Waals surface area contributed by atoms with Crippen LogP contribution in [0.15, 0.2) is 40.8 Å². The van der Waals surface area contributed by atoms with Crippen LogP contribution in [0, 0.1) is 20.8 Å². The van der Waals surface area contributed by atoms with E-state index in [0.717, 1.165) is 54.1 Å². The quantitative estimate of drug-likeness (QED) is 0.543. The Labute approximate surface area is 194 Å². The van der Waals surface area contributed by atoms with E-state index in [4.69, 9.17) is 9.15 Å². The number of aromatic nitrogens is 1. The molecule has 1 aliphatic rings. The van der Waals surface area contributed by atoms with Crippen LogP contribution in [0.2, 0.25) is 0 Å². The molecular weight excluding hydrogens is 420 g/mol. The molecule has 0 spiro atoms. The summed E-state index contributed by atoms with van der Waals surface area (Å²) in [6.07, 6.45) is -0.598. The first-order valence-corrected chi connectivity index (χ1v) is 11.4. The molecule has 2 N–H and O–H groups in total. The van der Waals surface area contributed by atoms with Crippen LogP contribution in [0.25, 0.3) is 11.1 Å². The number of anilines is 1. The maximum atomic E-state index is 12.5. The van der Waals surface area contributed by atoms with Gasteiger partial charge in [-0.3, -0.25) is 14.6 Å². The Morgan fingerprint density at radius 3 is 2.55 bits per heavy atom. The number of oxazole rings is 1. The number of hydrogen-bond acceptors (Lipinski definition) is 7. The molecule has 8 nitrogen and oxygen atoms in total. The van der Waals surface area contributed by atoms with Gasteiger partial charge in [0.1, 0.15) is 24.0 Å². The second-order valence-electron chi connectivity index (χ2n) is 8.72. The van der Waals surface area contributed by atoms with Crippen LogP contribution in [0.4, 0.5) is 5.69 Å². The van der Waals surface area contributed by atoms with Crippen LogP contribution >= 0.6 is 0 Å². The van der Waals surface area contributed by atoms with Gasteiger partial charge < -0.3 is 19.6 Å². The highest BCUT2D eigenvalue weighted by Gasteiger charge is 2.21. The van der Waals surface area contributed by atoms with Crippen molar-refractivity contribution < 1.29 is 19.1 Å². The summed E-state index contributed by atoms with van der Waals surface area (Å²) in [6, 6.07) is 11.5. The van der Waals surface area contributed by atoms with Crippen molar-refractivity contribution in [2.24, 2.45) is 0 Å². The lowest BCUT2D eigenvalue weighted by molar-refractivity contribution is -0.117. The number of ether oxygens (including phenoxy) is 1. The minimum atomic E-state index is -0.598. The second-order valence-corrected chi connectivity index (χ2v) is 8.72. The maximum Gasteiger partial charge on any atom is 0.238 e. The first-order chi connectivity index (χ1) is 15.9. The Balaban J connectivity index is 1.18. The predicted octanol–water partition coefficient (Wildman–Crippen LogP) is 2.75. The molecule has 0 bridgehead atoms. The average Bonchev–Trinajstić information content (AvgIpc) is 3.15. The van der Waals surface area contributed by atoms with Gasteiger partial charge in [0, 0.05) is 51.4 Å². The van der Waals surface area contributed by atoms with Crippen molar-refractivity contribution in [3.8, 4) is 5.75 Å². The van der Waals surface area contributed by atoms with Gasteiger partial charge in [-0.25, -0.2) is 4.98 Å². The summed E-state index contributed by atoms with van der Waals surface area (Å²) in [5.41, 5.74) is 4.51. The first kappa shape index (κ1) is 23.2. The molecule has 3 aromatic rings. The van der Waals surface area contributed by atoms with E-state index >= 15 is 0 Å². The minimum Gasteiger partial charge on any atom is -0.491 e. The fourth-order valence-corrected chi connectivity index (χ4v) is 4.18. The highest BCUT2D eigenvalue weighted by atomic mass is 16.5. The molecule has 2 heterocycles. The summed E-state index contributed by atoms with van der Waals surface area (Å²) < 4.78 is 11.2. The topological polar surface area (TPSA) is 91.1 Å². The highest BCUT2D eigenvalue weighted by molar-refractivity contribution is 5.93. The van der Waals surface area contributed by atoms with Crippen molar-refractivity contribution in [3.63, 3.8) is 0 Å². The van der Waals surface area contributed by atoms with E-state index in [0.29, 0.717) is 24.7 Å². The number of para-hydroxylation sites is 1. The van der Waals surface area contributed by atoms with Gasteiger partial charge in [0.15, 0.2) is 11.5 Å². The summed E-state index contributed by atoms with van der Waals surface area (Å²) in [5.74, 6) is 1.28. The van der Waals surface area contributed by atoms with E-state index < -0.39 is 6.10 Å². The van der Waals surface area contributed by atoms with E-state index in [-0.39, 0.29) is 12.5 Å². The zero-order valence-corrected chi connectivity index (χ0v) is 19.5. The van der Waals surface area contributed by atoms with Gasteiger partial charge in [-0.05, 0) is 37.1 Å². The average molecular weight is 453 g/mol. The van der Waals surface area contributed by atoms with Crippen LogP contribution < -0.4 is 10.1 Å². The third-order valence-electron chi connectivity index (χ3n) is 5.95. The van der Waals surface area contributed by atoms with Crippen LogP contribution in [0.3, 0.4) is 0 Å². The lowest BCUT2D eigenvalue weighted by Crippen LogP contribution is -2.50. The monoisotopic (exact) mass is 452 g/mol. The van der Waals surface area contributed by atoms with Gasteiger partial charge >= 0.3 is 0 Å². The third kappa shape index (κ3) is 6.10. The highest BCUT2D eigenvalue weighted by Crippen LogP contribution is 2.22. The lowest BCUT2D eigenvalue weighted by atomic mass is 10.1. The van der Waals surface area contributed by atoms with Gasteiger partial charge in [0.05, 0.1) is 6.54 Å². The molecule has 4 rings (SSSR count). The lowest BCUT2D eigenvalue weighted by Gasteiger charge is -2.35. The number of nitrogens with one attached hydrogen (secondary N) is 1. The number of benzene rings is 2. The summed E-state index contributed by atoms with van der Waals surface area (Å²) in [6.45, 7) is 10.1. The number of aliphatic hydroxyl groups is 1. The molecule has 0 aliphatic carbocycles. The van der Waals surface area contributed by atoms with Gasteiger partial charge in [-0.1, -0.05) is 18.2 Å². The number of piperazine rings is 1. The Morgan fingerprint density at radius 2 is 1.82 bits per heavy atom. The summed E-state index contributed by atoms with van der Waals surface area (Å²) in [5, 5.41) is 13.5. The van der Waals surface area contributed by atoms with E-state index in [1.165, 1.54) is 0 Å². The summed E-state index contributed by atoms with van der Waals surface area (Å²) in [4.78, 5) is 21.2. The Kier molecular flexibility index (Phi) is 7.27. The molecule has 8 heteroatoms. The van der Waals surface area contributed by atoms with Crippen molar-refractivity contribution in [3.05, 3.63) is 53.4 Å². The number of aryl methyl sites for hydroxylation is 3. The fraction of sp³-hybridized carbons (Fsp3) is 0.440. The summed E-state index contributed by atoms with van der Waals surface area (Å²) >= 11 is 0.